The van der Waals surface area contributed by atoms with Crippen molar-refractivity contribution in [2.24, 2.45) is 0 Å². The van der Waals surface area contributed by atoms with Gasteiger partial charge in [-0.25, -0.2) is 9.59 Å². The highest BCUT2D eigenvalue weighted by molar-refractivity contribution is 7.51. The summed E-state index contributed by atoms with van der Waals surface area (Å²) in [5.74, 6) is -0.580. The summed E-state index contributed by atoms with van der Waals surface area (Å²) in [6, 6.07) is 7.49. The monoisotopic (exact) mass is 386 g/mol. The zero-order valence-electron chi connectivity index (χ0n) is 12.9. The largest absolute Gasteiger partial charge is 0.497 e. The molecule has 1 aromatic heterocycles. The summed E-state index contributed by atoms with van der Waals surface area (Å²) >= 11 is 0.963. The van der Waals surface area contributed by atoms with E-state index >= 15 is 0 Å². The third kappa shape index (κ3) is 5.30. The number of ether oxygens (including phenoxy) is 1. The molecule has 1 aromatic carbocycles. The maximum Gasteiger partial charge on any atom is 0.348 e. The van der Waals surface area contributed by atoms with Crippen molar-refractivity contribution in [1.29, 1.82) is 0 Å². The zero-order valence-corrected chi connectivity index (χ0v) is 14.6. The number of anilines is 1. The molecule has 0 saturated carbocycles. The van der Waals surface area contributed by atoms with Crippen LogP contribution in [0.4, 0.5) is 10.5 Å². The Kier molecular flexibility index (Phi) is 5.81. The molecule has 9 nitrogen and oxygen atoms in total. The lowest BCUT2D eigenvalue weighted by atomic mass is 10.2. The smallest absolute Gasteiger partial charge is 0.348 e. The summed E-state index contributed by atoms with van der Waals surface area (Å²) in [6.45, 7) is 0. The lowest BCUT2D eigenvalue weighted by molar-refractivity contribution is 0.0703. The van der Waals surface area contributed by atoms with Gasteiger partial charge in [0.25, 0.3) is 0 Å². The number of benzene rings is 1. The van der Waals surface area contributed by atoms with Crippen molar-refractivity contribution in [2.45, 2.75) is 0 Å². The highest BCUT2D eigenvalue weighted by Gasteiger charge is 2.20. The van der Waals surface area contributed by atoms with E-state index in [0.717, 1.165) is 16.9 Å². The van der Waals surface area contributed by atoms with Gasteiger partial charge < -0.3 is 30.3 Å². The normalized spacial score (nSPS) is 11.0. The van der Waals surface area contributed by atoms with Gasteiger partial charge in [0.05, 0.1) is 12.8 Å². The Labute approximate surface area is 146 Å². The minimum Gasteiger partial charge on any atom is -0.497 e. The van der Waals surface area contributed by atoms with Crippen molar-refractivity contribution in [2.75, 3.05) is 18.7 Å². The molecule has 0 fully saturated rings. The summed E-state index contributed by atoms with van der Waals surface area (Å²) in [7, 11) is -2.87. The number of urea groups is 1. The molecular formula is C14H15N2O7PS. The molecule has 2 rings (SSSR count). The summed E-state index contributed by atoms with van der Waals surface area (Å²) in [5.41, 5.74) is 0.767. The first-order chi connectivity index (χ1) is 11.7. The maximum absolute atomic E-state index is 11.7. The molecule has 2 aromatic rings. The average molecular weight is 386 g/mol. The van der Waals surface area contributed by atoms with Crippen LogP contribution in [0.3, 0.4) is 0 Å². The molecule has 0 aliphatic rings. The van der Waals surface area contributed by atoms with Gasteiger partial charge >= 0.3 is 19.6 Å². The van der Waals surface area contributed by atoms with E-state index in [1.54, 1.807) is 24.3 Å². The molecular weight excluding hydrogens is 371 g/mol. The molecule has 1 heterocycles. The maximum atomic E-state index is 11.7. The lowest BCUT2D eigenvalue weighted by Gasteiger charge is -2.07. The Morgan fingerprint density at radius 2 is 1.88 bits per heavy atom. The van der Waals surface area contributed by atoms with Crippen LogP contribution in [0.25, 0.3) is 10.4 Å². The van der Waals surface area contributed by atoms with Gasteiger partial charge in [0.15, 0.2) is 0 Å². The van der Waals surface area contributed by atoms with E-state index < -0.39 is 25.9 Å². The number of thiophene rings is 1. The molecule has 134 valence electrons. The molecule has 5 N–H and O–H groups in total. The van der Waals surface area contributed by atoms with Crippen LogP contribution in [0.15, 0.2) is 30.3 Å². The summed E-state index contributed by atoms with van der Waals surface area (Å²) in [5, 5.41) is 13.5. The number of aromatic carboxylic acids is 1. The fourth-order valence-electron chi connectivity index (χ4n) is 1.88. The summed E-state index contributed by atoms with van der Waals surface area (Å²) in [4.78, 5) is 41.0. The van der Waals surface area contributed by atoms with E-state index in [1.165, 1.54) is 13.2 Å². The molecule has 0 spiro atoms. The second-order valence-corrected chi connectivity index (χ2v) is 7.54. The van der Waals surface area contributed by atoms with Crippen molar-refractivity contribution in [1.82, 2.24) is 5.32 Å². The number of nitrogens with one attached hydrogen (secondary N) is 2. The van der Waals surface area contributed by atoms with Crippen LogP contribution >= 0.6 is 18.9 Å². The van der Waals surface area contributed by atoms with Gasteiger partial charge in [-0.15, -0.1) is 11.3 Å². The van der Waals surface area contributed by atoms with E-state index in [0.29, 0.717) is 10.6 Å². The standard InChI is InChI=1S/C14H15N2O7PS/c1-23-9-4-2-8(3-5-9)11-6-10(12(25-11)13(17)18)16-14(19)15-7-24(20,21)22/h2-6H,7H2,1H3,(H,17,18)(H2,15,16,19)(H2,20,21,22). The summed E-state index contributed by atoms with van der Waals surface area (Å²) in [6.07, 6.45) is -0.850. The van der Waals surface area contributed by atoms with Gasteiger partial charge in [0.1, 0.15) is 16.9 Å². The first-order valence-corrected chi connectivity index (χ1v) is 9.42. The van der Waals surface area contributed by atoms with Gasteiger partial charge in [-0.3, -0.25) is 4.57 Å². The van der Waals surface area contributed by atoms with Crippen molar-refractivity contribution in [3.63, 3.8) is 0 Å². The van der Waals surface area contributed by atoms with Crippen molar-refractivity contribution in [3.8, 4) is 16.2 Å². The Bertz CT molecular complexity index is 828. The second kappa shape index (κ2) is 7.66. The van der Waals surface area contributed by atoms with Gasteiger partial charge in [0.2, 0.25) is 0 Å². The topological polar surface area (TPSA) is 145 Å². The minimum absolute atomic E-state index is 0.0338. The second-order valence-electron chi connectivity index (χ2n) is 4.84. The van der Waals surface area contributed by atoms with Crippen LogP contribution < -0.4 is 15.4 Å². The van der Waals surface area contributed by atoms with E-state index in [9.17, 15) is 19.3 Å². The van der Waals surface area contributed by atoms with E-state index in [-0.39, 0.29) is 10.6 Å². The number of rotatable bonds is 6. The molecule has 0 radical (unpaired) electrons. The number of amides is 2. The molecule has 0 saturated heterocycles. The molecule has 0 bridgehead atoms. The van der Waals surface area contributed by atoms with Crippen LogP contribution in [-0.2, 0) is 4.57 Å². The Hall–Kier alpha value is -2.39. The molecule has 0 unspecified atom stereocenters. The number of hydrogen-bond acceptors (Lipinski definition) is 5. The predicted octanol–water partition coefficient (Wildman–Crippen LogP) is 2.38. The SMILES string of the molecule is COc1ccc(-c2cc(NC(=O)NCP(=O)(O)O)c(C(=O)O)s2)cc1. The molecule has 11 heteroatoms. The molecule has 0 aliphatic heterocycles. The third-order valence-electron chi connectivity index (χ3n) is 2.99. The van der Waals surface area contributed by atoms with Gasteiger partial charge in [0, 0.05) is 4.88 Å². The first kappa shape index (κ1) is 18.9. The van der Waals surface area contributed by atoms with Gasteiger partial charge in [-0.1, -0.05) is 0 Å². The van der Waals surface area contributed by atoms with E-state index in [1.807, 2.05) is 5.32 Å². The molecule has 25 heavy (non-hydrogen) atoms. The highest BCUT2D eigenvalue weighted by Crippen LogP contribution is 2.36. The van der Waals surface area contributed by atoms with Crippen molar-refractivity contribution in [3.05, 3.63) is 35.2 Å². The Balaban J connectivity index is 2.22. The molecule has 0 aliphatic carbocycles. The van der Waals surface area contributed by atoms with Crippen LogP contribution in [-0.4, -0.2) is 40.3 Å². The quantitative estimate of drug-likeness (QED) is 0.479. The Morgan fingerprint density at radius 1 is 1.24 bits per heavy atom. The van der Waals surface area contributed by atoms with Crippen molar-refractivity contribution >= 4 is 36.6 Å². The lowest BCUT2D eigenvalue weighted by Crippen LogP contribution is -2.29. The van der Waals surface area contributed by atoms with Gasteiger partial charge in [-0.05, 0) is 35.9 Å². The number of carbonyl (C=O) groups excluding carboxylic acids is 1. The van der Waals surface area contributed by atoms with E-state index in [2.05, 4.69) is 5.32 Å². The molecule has 0 atom stereocenters. The minimum atomic E-state index is -4.40. The number of carbonyl (C=O) groups is 2. The fraction of sp³-hybridized carbons (Fsp3) is 0.143. The zero-order chi connectivity index (χ0) is 18.6. The number of carboxylic acids is 1. The third-order valence-corrected chi connectivity index (χ3v) is 4.74. The van der Waals surface area contributed by atoms with Crippen molar-refractivity contribution < 1.29 is 33.8 Å². The van der Waals surface area contributed by atoms with Crippen LogP contribution in [0.5, 0.6) is 5.75 Å². The number of methoxy groups -OCH3 is 1. The first-order valence-electron chi connectivity index (χ1n) is 6.80. The van der Waals surface area contributed by atoms with Crippen LogP contribution in [0.1, 0.15) is 9.67 Å². The summed E-state index contributed by atoms with van der Waals surface area (Å²) < 4.78 is 15.8. The Morgan fingerprint density at radius 3 is 2.40 bits per heavy atom. The number of hydrogen-bond donors (Lipinski definition) is 5. The molecule has 2 amide bonds. The number of carboxylic acid groups (broad SMARTS) is 1. The average Bonchev–Trinajstić information content (AvgIpc) is 2.96. The van der Waals surface area contributed by atoms with Gasteiger partial charge in [-0.2, -0.15) is 0 Å². The fourth-order valence-corrected chi connectivity index (χ4v) is 3.19. The highest BCUT2D eigenvalue weighted by atomic mass is 32.1. The predicted molar refractivity (Wildman–Crippen MR) is 92.3 cm³/mol. The van der Waals surface area contributed by atoms with Crippen LogP contribution in [0.2, 0.25) is 0 Å². The van der Waals surface area contributed by atoms with E-state index in [4.69, 9.17) is 14.5 Å². The van der Waals surface area contributed by atoms with Crippen LogP contribution in [0, 0.1) is 0 Å².